The molecule has 25 heavy (non-hydrogen) atoms. The van der Waals surface area contributed by atoms with E-state index in [2.05, 4.69) is 10.1 Å². The van der Waals surface area contributed by atoms with E-state index < -0.39 is 29.9 Å². The van der Waals surface area contributed by atoms with E-state index in [4.69, 9.17) is 0 Å². The lowest BCUT2D eigenvalue weighted by Crippen LogP contribution is -2.50. The highest BCUT2D eigenvalue weighted by Gasteiger charge is 2.31. The van der Waals surface area contributed by atoms with Crippen molar-refractivity contribution in [2.75, 3.05) is 6.54 Å². The first-order valence-corrected chi connectivity index (χ1v) is 7.45. The zero-order valence-corrected chi connectivity index (χ0v) is 14.3. The monoisotopic (exact) mass is 362 g/mol. The van der Waals surface area contributed by atoms with Crippen LogP contribution in [0.1, 0.15) is 39.3 Å². The molecule has 1 atom stereocenters. The molecule has 9 heteroatoms. The van der Waals surface area contributed by atoms with E-state index >= 15 is 0 Å². The minimum atomic E-state index is -4.77. The fourth-order valence-corrected chi connectivity index (χ4v) is 2.06. The summed E-state index contributed by atoms with van der Waals surface area (Å²) in [5.74, 6) is -0.875. The maximum atomic E-state index is 12.1. The predicted octanol–water partition coefficient (Wildman–Crippen LogP) is 3.54. The molecule has 0 heterocycles. The third-order valence-electron chi connectivity index (χ3n) is 3.33. The first-order valence-electron chi connectivity index (χ1n) is 7.45. The third kappa shape index (κ3) is 6.90. The summed E-state index contributed by atoms with van der Waals surface area (Å²) in [7, 11) is 0. The van der Waals surface area contributed by atoms with Gasteiger partial charge in [-0.15, -0.1) is 13.2 Å². The molecule has 6 nitrogen and oxygen atoms in total. The number of ether oxygens (including phenoxy) is 1. The van der Waals surface area contributed by atoms with Gasteiger partial charge in [0, 0.05) is 5.54 Å². The first-order chi connectivity index (χ1) is 11.3. The Bertz CT molecular complexity index is 609. The van der Waals surface area contributed by atoms with Crippen LogP contribution < -0.4 is 10.1 Å². The highest BCUT2D eigenvalue weighted by atomic mass is 19.4. The van der Waals surface area contributed by atoms with Crippen LogP contribution in [0.4, 0.5) is 18.0 Å². The topological polar surface area (TPSA) is 78.9 Å². The Balaban J connectivity index is 2.70. The van der Waals surface area contributed by atoms with Crippen LogP contribution >= 0.6 is 0 Å². The van der Waals surface area contributed by atoms with Gasteiger partial charge in [-0.1, -0.05) is 12.1 Å². The van der Waals surface area contributed by atoms with Gasteiger partial charge >= 0.3 is 12.5 Å². The smallest absolute Gasteiger partial charge is 0.465 e. The molecular formula is C16H21F3N2O4. The number of benzene rings is 1. The number of halogens is 3. The number of hydrogen-bond donors (Lipinski definition) is 2. The second-order valence-corrected chi connectivity index (χ2v) is 6.45. The Morgan fingerprint density at radius 2 is 1.72 bits per heavy atom. The SMILES string of the molecule is CC(NC(=O)CN(C(=O)O)C(C)(C)C)c1ccc(OC(F)(F)F)cc1. The van der Waals surface area contributed by atoms with Gasteiger partial charge in [0.1, 0.15) is 12.3 Å². The van der Waals surface area contributed by atoms with E-state index in [-0.39, 0.29) is 12.3 Å². The van der Waals surface area contributed by atoms with E-state index in [1.165, 1.54) is 12.1 Å². The lowest BCUT2D eigenvalue weighted by Gasteiger charge is -2.32. The van der Waals surface area contributed by atoms with Gasteiger partial charge in [0.05, 0.1) is 6.04 Å². The molecule has 0 spiro atoms. The molecule has 0 aliphatic carbocycles. The van der Waals surface area contributed by atoms with Crippen LogP contribution in [0.3, 0.4) is 0 Å². The second-order valence-electron chi connectivity index (χ2n) is 6.45. The molecule has 0 aromatic heterocycles. The van der Waals surface area contributed by atoms with Gasteiger partial charge in [-0.05, 0) is 45.4 Å². The van der Waals surface area contributed by atoms with Crippen molar-refractivity contribution in [1.29, 1.82) is 0 Å². The number of nitrogens with one attached hydrogen (secondary N) is 1. The van der Waals surface area contributed by atoms with Crippen molar-refractivity contribution < 1.29 is 32.6 Å². The van der Waals surface area contributed by atoms with E-state index in [9.17, 15) is 27.9 Å². The number of rotatable bonds is 5. The Labute approximate surface area is 143 Å². The molecule has 2 amide bonds. The van der Waals surface area contributed by atoms with Crippen molar-refractivity contribution in [3.8, 4) is 5.75 Å². The van der Waals surface area contributed by atoms with Crippen molar-refractivity contribution in [2.24, 2.45) is 0 Å². The number of carboxylic acid groups (broad SMARTS) is 1. The fraction of sp³-hybridized carbons (Fsp3) is 0.500. The Hall–Kier alpha value is -2.45. The zero-order chi connectivity index (χ0) is 19.4. The van der Waals surface area contributed by atoms with Gasteiger partial charge in [0.25, 0.3) is 0 Å². The number of amides is 2. The van der Waals surface area contributed by atoms with Crippen LogP contribution in [0.5, 0.6) is 5.75 Å². The Morgan fingerprint density at radius 1 is 1.20 bits per heavy atom. The molecule has 1 rings (SSSR count). The van der Waals surface area contributed by atoms with Crippen molar-refractivity contribution >= 4 is 12.0 Å². The molecule has 140 valence electrons. The van der Waals surface area contributed by atoms with E-state index in [0.717, 1.165) is 17.0 Å². The van der Waals surface area contributed by atoms with Gasteiger partial charge in [0.2, 0.25) is 5.91 Å². The summed E-state index contributed by atoms with van der Waals surface area (Å²) in [5, 5.41) is 11.8. The minimum absolute atomic E-state index is 0.349. The number of carbonyl (C=O) groups excluding carboxylic acids is 1. The summed E-state index contributed by atoms with van der Waals surface area (Å²) in [6.07, 6.45) is -5.99. The van der Waals surface area contributed by atoms with Crippen molar-refractivity contribution in [1.82, 2.24) is 10.2 Å². The van der Waals surface area contributed by atoms with Crippen molar-refractivity contribution in [3.63, 3.8) is 0 Å². The molecule has 0 saturated heterocycles. The molecular weight excluding hydrogens is 341 g/mol. The van der Waals surface area contributed by atoms with Crippen LogP contribution in [0, 0.1) is 0 Å². The Morgan fingerprint density at radius 3 is 2.12 bits per heavy atom. The summed E-state index contributed by atoms with van der Waals surface area (Å²) in [6, 6.07) is 4.56. The summed E-state index contributed by atoms with van der Waals surface area (Å²) in [6.45, 7) is 6.28. The average Bonchev–Trinajstić information content (AvgIpc) is 2.42. The third-order valence-corrected chi connectivity index (χ3v) is 3.33. The molecule has 1 unspecified atom stereocenters. The average molecular weight is 362 g/mol. The molecule has 2 N–H and O–H groups in total. The van der Waals surface area contributed by atoms with Gasteiger partial charge in [0.15, 0.2) is 0 Å². The molecule has 0 fully saturated rings. The lowest BCUT2D eigenvalue weighted by atomic mass is 10.1. The van der Waals surface area contributed by atoms with Crippen molar-refractivity contribution in [2.45, 2.75) is 45.6 Å². The number of hydrogen-bond acceptors (Lipinski definition) is 3. The molecule has 0 saturated carbocycles. The molecule has 1 aromatic carbocycles. The molecule has 1 aromatic rings. The highest BCUT2D eigenvalue weighted by Crippen LogP contribution is 2.24. The fourth-order valence-electron chi connectivity index (χ4n) is 2.06. The predicted molar refractivity (Wildman–Crippen MR) is 84.2 cm³/mol. The second kappa shape index (κ2) is 7.62. The highest BCUT2D eigenvalue weighted by molar-refractivity contribution is 5.82. The zero-order valence-electron chi connectivity index (χ0n) is 14.3. The summed E-state index contributed by atoms with van der Waals surface area (Å²) < 4.78 is 40.1. The summed E-state index contributed by atoms with van der Waals surface area (Å²) in [5.41, 5.74) is -0.191. The van der Waals surface area contributed by atoms with Gasteiger partial charge in [-0.3, -0.25) is 9.69 Å². The van der Waals surface area contributed by atoms with Crippen LogP contribution in [-0.4, -0.2) is 40.5 Å². The van der Waals surface area contributed by atoms with Gasteiger partial charge < -0.3 is 15.2 Å². The largest absolute Gasteiger partial charge is 0.573 e. The van der Waals surface area contributed by atoms with Crippen LogP contribution in [0.15, 0.2) is 24.3 Å². The number of nitrogens with zero attached hydrogens (tertiary/aromatic N) is 1. The first kappa shape index (κ1) is 20.6. The minimum Gasteiger partial charge on any atom is -0.465 e. The number of carbonyl (C=O) groups is 2. The van der Waals surface area contributed by atoms with E-state index in [0.29, 0.717) is 5.56 Å². The van der Waals surface area contributed by atoms with Crippen LogP contribution in [0.25, 0.3) is 0 Å². The van der Waals surface area contributed by atoms with Crippen molar-refractivity contribution in [3.05, 3.63) is 29.8 Å². The molecule has 0 aliphatic rings. The quantitative estimate of drug-likeness (QED) is 0.840. The van der Waals surface area contributed by atoms with Crippen LogP contribution in [-0.2, 0) is 4.79 Å². The maximum absolute atomic E-state index is 12.1. The maximum Gasteiger partial charge on any atom is 0.573 e. The van der Waals surface area contributed by atoms with Gasteiger partial charge in [-0.25, -0.2) is 4.79 Å². The lowest BCUT2D eigenvalue weighted by molar-refractivity contribution is -0.274. The molecule has 0 radical (unpaired) electrons. The van der Waals surface area contributed by atoms with Gasteiger partial charge in [-0.2, -0.15) is 0 Å². The summed E-state index contributed by atoms with van der Waals surface area (Å²) >= 11 is 0. The normalized spacial score (nSPS) is 13.1. The molecule has 0 aliphatic heterocycles. The van der Waals surface area contributed by atoms with E-state index in [1.807, 2.05) is 0 Å². The molecule has 0 bridgehead atoms. The number of alkyl halides is 3. The standard InChI is InChI=1S/C16H21F3N2O4/c1-10(11-5-7-12(8-6-11)25-16(17,18)19)20-13(22)9-21(14(23)24)15(2,3)4/h5-8,10H,9H2,1-4H3,(H,20,22)(H,23,24). The summed E-state index contributed by atoms with van der Waals surface area (Å²) in [4.78, 5) is 24.3. The van der Waals surface area contributed by atoms with Crippen LogP contribution in [0.2, 0.25) is 0 Å². The van der Waals surface area contributed by atoms with E-state index in [1.54, 1.807) is 27.7 Å². The Kier molecular flexibility index (Phi) is 6.28.